The van der Waals surface area contributed by atoms with E-state index in [1.165, 1.54) is 6.07 Å². The number of aromatic nitrogens is 2. The lowest BCUT2D eigenvalue weighted by Crippen LogP contribution is -2.52. The Morgan fingerprint density at radius 1 is 1.38 bits per heavy atom. The fourth-order valence-electron chi connectivity index (χ4n) is 2.97. The van der Waals surface area contributed by atoms with Crippen molar-refractivity contribution in [2.24, 2.45) is 7.05 Å². The van der Waals surface area contributed by atoms with Crippen molar-refractivity contribution in [3.05, 3.63) is 29.9 Å². The molecule has 2 aromatic heterocycles. The summed E-state index contributed by atoms with van der Waals surface area (Å²) in [5.41, 5.74) is 0. The molecule has 1 N–H and O–H groups in total. The van der Waals surface area contributed by atoms with Crippen LogP contribution in [0.3, 0.4) is 0 Å². The van der Waals surface area contributed by atoms with E-state index >= 15 is 0 Å². The number of hydrogen-bond acceptors (Lipinski definition) is 5. The van der Waals surface area contributed by atoms with Gasteiger partial charge in [0.2, 0.25) is 15.9 Å². The smallest absolute Gasteiger partial charge is 0.246 e. The third-order valence-electron chi connectivity index (χ3n) is 4.09. The Morgan fingerprint density at radius 2 is 2.12 bits per heavy atom. The van der Waals surface area contributed by atoms with Crippen LogP contribution in [0.15, 0.2) is 27.6 Å². The monoisotopic (exact) mass is 352 g/mol. The molecule has 0 bridgehead atoms. The van der Waals surface area contributed by atoms with E-state index in [0.29, 0.717) is 36.7 Å². The highest BCUT2D eigenvalue weighted by Gasteiger charge is 2.35. The van der Waals surface area contributed by atoms with Crippen LogP contribution < -0.4 is 9.62 Å². The lowest BCUT2D eigenvalue weighted by atomic mass is 10.1. The van der Waals surface area contributed by atoms with Crippen molar-refractivity contribution in [2.75, 3.05) is 11.4 Å². The average Bonchev–Trinajstić information content (AvgIpc) is 3.07. The molecule has 1 saturated heterocycles. The minimum atomic E-state index is -3.82. The number of carbonyl (C=O) groups is 1. The largest absolute Gasteiger partial charge is 0.465 e. The van der Waals surface area contributed by atoms with E-state index in [-0.39, 0.29) is 10.8 Å². The van der Waals surface area contributed by atoms with Gasteiger partial charge in [-0.3, -0.25) is 14.4 Å². The second-order valence-corrected chi connectivity index (χ2v) is 7.58. The molecule has 0 aliphatic carbocycles. The summed E-state index contributed by atoms with van der Waals surface area (Å²) in [6.45, 7) is 3.81. The highest BCUT2D eigenvalue weighted by Crippen LogP contribution is 2.23. The van der Waals surface area contributed by atoms with E-state index in [0.717, 1.165) is 0 Å². The first-order valence-corrected chi connectivity index (χ1v) is 9.16. The van der Waals surface area contributed by atoms with Crippen LogP contribution in [0.2, 0.25) is 0 Å². The molecule has 0 aromatic carbocycles. The van der Waals surface area contributed by atoms with Gasteiger partial charge in [-0.1, -0.05) is 0 Å². The zero-order valence-corrected chi connectivity index (χ0v) is 14.6. The molecule has 0 spiro atoms. The van der Waals surface area contributed by atoms with Crippen molar-refractivity contribution < 1.29 is 17.6 Å². The zero-order valence-electron chi connectivity index (χ0n) is 13.8. The quantitative estimate of drug-likeness (QED) is 0.889. The van der Waals surface area contributed by atoms with Crippen molar-refractivity contribution >= 4 is 21.7 Å². The van der Waals surface area contributed by atoms with Gasteiger partial charge in [-0.05, 0) is 32.8 Å². The van der Waals surface area contributed by atoms with E-state index < -0.39 is 16.1 Å². The van der Waals surface area contributed by atoms with Gasteiger partial charge < -0.3 is 4.42 Å². The summed E-state index contributed by atoms with van der Waals surface area (Å²) >= 11 is 0. The Labute approximate surface area is 140 Å². The van der Waals surface area contributed by atoms with Crippen LogP contribution in [0.25, 0.3) is 0 Å². The van der Waals surface area contributed by atoms with Gasteiger partial charge >= 0.3 is 0 Å². The maximum absolute atomic E-state index is 12.7. The topological polar surface area (TPSA) is 97.4 Å². The van der Waals surface area contributed by atoms with Gasteiger partial charge in [-0.15, -0.1) is 0 Å². The number of nitrogens with zero attached hydrogens (tertiary/aromatic N) is 3. The molecular weight excluding hydrogens is 332 g/mol. The summed E-state index contributed by atoms with van der Waals surface area (Å²) in [5.74, 6) is 1.21. The number of amides is 1. The number of aryl methyl sites for hydroxylation is 3. The molecule has 3 heterocycles. The minimum Gasteiger partial charge on any atom is -0.465 e. The summed E-state index contributed by atoms with van der Waals surface area (Å²) in [6, 6.07) is 2.40. The van der Waals surface area contributed by atoms with Crippen LogP contribution in [0.5, 0.6) is 0 Å². The molecule has 2 aromatic rings. The van der Waals surface area contributed by atoms with Gasteiger partial charge in [-0.25, -0.2) is 8.42 Å². The summed E-state index contributed by atoms with van der Waals surface area (Å²) in [5, 5.41) is 4.06. The standard InChI is InChI=1S/C15H20N4O4S/c1-10-9-13(11(2)23-10)24(21,22)17-12-5-4-8-19(15(12)20)14-6-7-16-18(14)3/h6-7,9,12,17H,4-5,8H2,1-3H3. The number of anilines is 1. The molecule has 9 heteroatoms. The van der Waals surface area contributed by atoms with Crippen molar-refractivity contribution in [1.29, 1.82) is 0 Å². The zero-order chi connectivity index (χ0) is 17.5. The van der Waals surface area contributed by atoms with Crippen molar-refractivity contribution in [2.45, 2.75) is 37.6 Å². The maximum atomic E-state index is 12.7. The highest BCUT2D eigenvalue weighted by atomic mass is 32.2. The summed E-state index contributed by atoms with van der Waals surface area (Å²) in [6.07, 6.45) is 2.77. The van der Waals surface area contributed by atoms with Gasteiger partial charge in [0.1, 0.15) is 28.3 Å². The van der Waals surface area contributed by atoms with Crippen LogP contribution >= 0.6 is 0 Å². The number of carbonyl (C=O) groups excluding carboxylic acids is 1. The van der Waals surface area contributed by atoms with E-state index in [1.54, 1.807) is 42.7 Å². The van der Waals surface area contributed by atoms with Crippen LogP contribution in [-0.2, 0) is 21.9 Å². The molecule has 0 saturated carbocycles. The molecule has 1 aliphatic heterocycles. The second kappa shape index (κ2) is 6.06. The summed E-state index contributed by atoms with van der Waals surface area (Å²) < 4.78 is 34.6. The maximum Gasteiger partial charge on any atom is 0.246 e. The average molecular weight is 352 g/mol. The minimum absolute atomic E-state index is 0.0745. The second-order valence-electron chi connectivity index (χ2n) is 5.90. The molecule has 130 valence electrons. The highest BCUT2D eigenvalue weighted by molar-refractivity contribution is 7.89. The SMILES string of the molecule is Cc1cc(S(=O)(=O)NC2CCCN(c3ccnn3C)C2=O)c(C)o1. The number of sulfonamides is 1. The Kier molecular flexibility index (Phi) is 4.22. The van der Waals surface area contributed by atoms with Gasteiger partial charge in [0.25, 0.3) is 0 Å². The van der Waals surface area contributed by atoms with Crippen molar-refractivity contribution in [3.8, 4) is 0 Å². The van der Waals surface area contributed by atoms with Gasteiger partial charge in [0, 0.05) is 19.7 Å². The third-order valence-corrected chi connectivity index (χ3v) is 5.67. The molecule has 1 fully saturated rings. The Hall–Kier alpha value is -2.13. The molecule has 0 radical (unpaired) electrons. The molecule has 24 heavy (non-hydrogen) atoms. The summed E-state index contributed by atoms with van der Waals surface area (Å²) in [7, 11) is -2.07. The molecule has 1 unspecified atom stereocenters. The molecule has 1 atom stereocenters. The van der Waals surface area contributed by atoms with Crippen LogP contribution in [0, 0.1) is 13.8 Å². The van der Waals surface area contributed by atoms with Crippen molar-refractivity contribution in [1.82, 2.24) is 14.5 Å². The lowest BCUT2D eigenvalue weighted by molar-refractivity contribution is -0.121. The van der Waals surface area contributed by atoms with E-state index in [1.807, 2.05) is 0 Å². The molecule has 1 amide bonds. The first-order valence-electron chi connectivity index (χ1n) is 7.68. The lowest BCUT2D eigenvalue weighted by Gasteiger charge is -2.32. The normalized spacial score (nSPS) is 19.0. The first kappa shape index (κ1) is 16.7. The number of furan rings is 1. The Bertz CT molecular complexity index is 868. The predicted molar refractivity (Wildman–Crippen MR) is 87.1 cm³/mol. The molecule has 3 rings (SSSR count). The molecule has 1 aliphatic rings. The Morgan fingerprint density at radius 3 is 2.71 bits per heavy atom. The number of nitrogens with one attached hydrogen (secondary N) is 1. The van der Waals surface area contributed by atoms with E-state index in [4.69, 9.17) is 4.42 Å². The van der Waals surface area contributed by atoms with Gasteiger partial charge in [0.05, 0.1) is 6.20 Å². The molecule has 8 nitrogen and oxygen atoms in total. The van der Waals surface area contributed by atoms with Crippen molar-refractivity contribution in [3.63, 3.8) is 0 Å². The van der Waals surface area contributed by atoms with Gasteiger partial charge in [-0.2, -0.15) is 9.82 Å². The number of rotatable bonds is 4. The van der Waals surface area contributed by atoms with E-state index in [2.05, 4.69) is 9.82 Å². The van der Waals surface area contributed by atoms with Crippen LogP contribution in [-0.4, -0.2) is 36.7 Å². The molecular formula is C15H20N4O4S. The predicted octanol–water partition coefficient (Wildman–Crippen LogP) is 1.10. The summed E-state index contributed by atoms with van der Waals surface area (Å²) in [4.78, 5) is 14.4. The number of hydrogen-bond donors (Lipinski definition) is 1. The van der Waals surface area contributed by atoms with Crippen LogP contribution in [0.4, 0.5) is 5.82 Å². The number of piperidine rings is 1. The van der Waals surface area contributed by atoms with Gasteiger partial charge in [0.15, 0.2) is 0 Å². The fourth-order valence-corrected chi connectivity index (χ4v) is 4.43. The first-order chi connectivity index (χ1) is 11.3. The fraction of sp³-hybridized carbons (Fsp3) is 0.467. The Balaban J connectivity index is 1.83. The van der Waals surface area contributed by atoms with Crippen LogP contribution in [0.1, 0.15) is 24.4 Å². The van der Waals surface area contributed by atoms with E-state index in [9.17, 15) is 13.2 Å². The third kappa shape index (κ3) is 2.96.